The first-order chi connectivity index (χ1) is 14.9. The normalized spacial score (nSPS) is 11.7. The lowest BCUT2D eigenvalue weighted by Gasteiger charge is -2.11. The van der Waals surface area contributed by atoms with Crippen LogP contribution in [0.2, 0.25) is 0 Å². The molecule has 0 N–H and O–H groups in total. The fraction of sp³-hybridized carbons (Fsp3) is 0.350. The number of alkyl halides is 3. The standard InChI is InChI=1S/C20H21BF3N3O5/c1-11(28)31-9-5-8-27-18(29)17-16(26(3)19(27)30)14(21)15(25(17)2)12-6-4-7-13(10-12)32-20(22,23)24/h4,6-7,10H,5,8-9,21H2,1-3H3. The zero-order valence-corrected chi connectivity index (χ0v) is 17.9. The number of carbonyl (C=O) groups is 1. The number of halogens is 3. The Balaban J connectivity index is 2.14. The monoisotopic (exact) mass is 451 g/mol. The van der Waals surface area contributed by atoms with Crippen molar-refractivity contribution in [1.82, 2.24) is 13.7 Å². The number of carbonyl (C=O) groups excluding carboxylic acids is 1. The average molecular weight is 451 g/mol. The highest BCUT2D eigenvalue weighted by molar-refractivity contribution is 6.42. The number of aromatic nitrogens is 3. The van der Waals surface area contributed by atoms with Gasteiger partial charge in [-0.15, -0.1) is 13.2 Å². The maximum atomic E-state index is 13.1. The van der Waals surface area contributed by atoms with Gasteiger partial charge in [-0.25, -0.2) is 4.79 Å². The molecule has 0 atom stereocenters. The molecule has 0 amide bonds. The summed E-state index contributed by atoms with van der Waals surface area (Å²) in [4.78, 5) is 36.9. The van der Waals surface area contributed by atoms with E-state index in [2.05, 4.69) is 4.74 Å². The molecule has 0 aliphatic rings. The summed E-state index contributed by atoms with van der Waals surface area (Å²) in [5.74, 6) is -0.850. The summed E-state index contributed by atoms with van der Waals surface area (Å²) in [7, 11) is 4.82. The lowest BCUT2D eigenvalue weighted by Crippen LogP contribution is -2.40. The van der Waals surface area contributed by atoms with Crippen LogP contribution < -0.4 is 21.4 Å². The second kappa shape index (κ2) is 8.60. The third kappa shape index (κ3) is 4.44. The molecule has 0 radical (unpaired) electrons. The zero-order valence-electron chi connectivity index (χ0n) is 17.9. The summed E-state index contributed by atoms with van der Waals surface area (Å²) >= 11 is 0. The Bertz CT molecular complexity index is 1310. The summed E-state index contributed by atoms with van der Waals surface area (Å²) in [6.45, 7) is 1.37. The van der Waals surface area contributed by atoms with E-state index in [4.69, 9.17) is 4.74 Å². The molecule has 32 heavy (non-hydrogen) atoms. The average Bonchev–Trinajstić information content (AvgIpc) is 2.95. The number of hydrogen-bond donors (Lipinski definition) is 0. The molecule has 8 nitrogen and oxygen atoms in total. The van der Waals surface area contributed by atoms with Gasteiger partial charge >= 0.3 is 18.0 Å². The van der Waals surface area contributed by atoms with E-state index < -0.39 is 29.3 Å². The molecule has 0 fully saturated rings. The molecule has 0 bridgehead atoms. The minimum Gasteiger partial charge on any atom is -0.466 e. The first kappa shape index (κ1) is 23.2. The summed E-state index contributed by atoms with van der Waals surface area (Å²) in [6, 6.07) is 5.42. The highest BCUT2D eigenvalue weighted by Crippen LogP contribution is 2.28. The highest BCUT2D eigenvalue weighted by Gasteiger charge is 2.31. The molecule has 3 rings (SSSR count). The van der Waals surface area contributed by atoms with Crippen molar-refractivity contribution >= 4 is 30.3 Å². The Labute approximate surface area is 181 Å². The van der Waals surface area contributed by atoms with E-state index in [9.17, 15) is 27.6 Å². The van der Waals surface area contributed by atoms with Gasteiger partial charge in [0.05, 0.1) is 12.1 Å². The maximum Gasteiger partial charge on any atom is 0.573 e. The lowest BCUT2D eigenvalue weighted by molar-refractivity contribution is -0.274. The second-order valence-corrected chi connectivity index (χ2v) is 7.30. The highest BCUT2D eigenvalue weighted by atomic mass is 19.4. The first-order valence-electron chi connectivity index (χ1n) is 9.70. The van der Waals surface area contributed by atoms with Gasteiger partial charge in [-0.1, -0.05) is 12.1 Å². The molecule has 0 spiro atoms. The van der Waals surface area contributed by atoms with Crippen LogP contribution in [-0.2, 0) is 30.2 Å². The molecule has 0 aliphatic heterocycles. The molecule has 0 unspecified atom stereocenters. The number of ether oxygens (including phenoxy) is 2. The van der Waals surface area contributed by atoms with Crippen LogP contribution in [0, 0.1) is 0 Å². The van der Waals surface area contributed by atoms with Gasteiger partial charge in [0.25, 0.3) is 5.56 Å². The van der Waals surface area contributed by atoms with E-state index in [1.807, 2.05) is 0 Å². The maximum absolute atomic E-state index is 13.1. The molecule has 0 aliphatic carbocycles. The molecule has 3 aromatic rings. The summed E-state index contributed by atoms with van der Waals surface area (Å²) < 4.78 is 50.7. The van der Waals surface area contributed by atoms with Gasteiger partial charge in [0.1, 0.15) is 19.1 Å². The molecular weight excluding hydrogens is 430 g/mol. The molecular formula is C20H21BF3N3O5. The Kier molecular flexibility index (Phi) is 6.24. The minimum absolute atomic E-state index is 0.0448. The van der Waals surface area contributed by atoms with Crippen LogP contribution in [0.5, 0.6) is 5.75 Å². The largest absolute Gasteiger partial charge is 0.573 e. The smallest absolute Gasteiger partial charge is 0.466 e. The lowest BCUT2D eigenvalue weighted by atomic mass is 9.91. The summed E-state index contributed by atoms with van der Waals surface area (Å²) in [5.41, 5.74) is 0.985. The predicted octanol–water partition coefficient (Wildman–Crippen LogP) is 0.816. The number of fused-ring (bicyclic) bond motifs is 1. The molecule has 1 aromatic carbocycles. The van der Waals surface area contributed by atoms with E-state index >= 15 is 0 Å². The summed E-state index contributed by atoms with van der Waals surface area (Å²) in [6.07, 6.45) is -4.57. The Morgan fingerprint density at radius 2 is 1.81 bits per heavy atom. The van der Waals surface area contributed by atoms with Crippen molar-refractivity contribution in [1.29, 1.82) is 0 Å². The minimum atomic E-state index is -4.84. The van der Waals surface area contributed by atoms with Crippen LogP contribution in [0.25, 0.3) is 22.3 Å². The fourth-order valence-corrected chi connectivity index (χ4v) is 3.84. The molecule has 170 valence electrons. The van der Waals surface area contributed by atoms with E-state index in [0.29, 0.717) is 22.2 Å². The van der Waals surface area contributed by atoms with Crippen molar-refractivity contribution in [2.45, 2.75) is 26.3 Å². The van der Waals surface area contributed by atoms with Crippen LogP contribution >= 0.6 is 0 Å². The molecule has 0 saturated heterocycles. The van der Waals surface area contributed by atoms with Crippen LogP contribution in [0.3, 0.4) is 0 Å². The van der Waals surface area contributed by atoms with Crippen LogP contribution in [0.1, 0.15) is 13.3 Å². The van der Waals surface area contributed by atoms with Gasteiger partial charge < -0.3 is 14.0 Å². The number of hydrogen-bond acceptors (Lipinski definition) is 5. The molecule has 12 heteroatoms. The van der Waals surface area contributed by atoms with Gasteiger partial charge in [-0.05, 0) is 24.0 Å². The van der Waals surface area contributed by atoms with E-state index in [1.165, 1.54) is 36.7 Å². The summed E-state index contributed by atoms with van der Waals surface area (Å²) in [5, 5.41) is 0. The number of nitrogens with zero attached hydrogens (tertiary/aromatic N) is 3. The first-order valence-corrected chi connectivity index (χ1v) is 9.70. The van der Waals surface area contributed by atoms with E-state index in [1.54, 1.807) is 25.5 Å². The second-order valence-electron chi connectivity index (χ2n) is 7.30. The van der Waals surface area contributed by atoms with Crippen molar-refractivity contribution in [3.63, 3.8) is 0 Å². The predicted molar refractivity (Wildman–Crippen MR) is 114 cm³/mol. The van der Waals surface area contributed by atoms with Crippen LogP contribution in [-0.4, -0.2) is 40.5 Å². The number of aryl methyl sites for hydroxylation is 2. The molecule has 0 saturated carbocycles. The van der Waals surface area contributed by atoms with Gasteiger partial charge in [-0.3, -0.25) is 18.7 Å². The number of rotatable bonds is 6. The Morgan fingerprint density at radius 3 is 2.44 bits per heavy atom. The quantitative estimate of drug-likeness (QED) is 0.315. The van der Waals surface area contributed by atoms with Gasteiger partial charge in [0.15, 0.2) is 0 Å². The Hall–Kier alpha value is -3.44. The zero-order chi connectivity index (χ0) is 23.8. The fourth-order valence-electron chi connectivity index (χ4n) is 3.84. The van der Waals surface area contributed by atoms with Gasteiger partial charge in [-0.2, -0.15) is 0 Å². The molecule has 2 heterocycles. The number of benzene rings is 1. The third-order valence-corrected chi connectivity index (χ3v) is 5.08. The van der Waals surface area contributed by atoms with Crippen LogP contribution in [0.4, 0.5) is 13.2 Å². The van der Waals surface area contributed by atoms with Crippen molar-refractivity contribution in [2.75, 3.05) is 6.61 Å². The molecule has 2 aromatic heterocycles. The van der Waals surface area contributed by atoms with Crippen molar-refractivity contribution in [3.8, 4) is 17.0 Å². The Morgan fingerprint density at radius 1 is 1.12 bits per heavy atom. The van der Waals surface area contributed by atoms with Crippen LogP contribution in [0.15, 0.2) is 33.9 Å². The third-order valence-electron chi connectivity index (χ3n) is 5.08. The van der Waals surface area contributed by atoms with Crippen molar-refractivity contribution in [3.05, 3.63) is 45.1 Å². The SMILES string of the molecule is Bc1c(-c2cccc(OC(F)(F)F)c2)n(C)c2c(=O)n(CCCOC(C)=O)c(=O)n(C)c12. The van der Waals surface area contributed by atoms with Crippen molar-refractivity contribution in [2.24, 2.45) is 14.1 Å². The van der Waals surface area contributed by atoms with E-state index in [-0.39, 0.29) is 25.1 Å². The van der Waals surface area contributed by atoms with E-state index in [0.717, 1.165) is 4.57 Å². The number of esters is 1. The van der Waals surface area contributed by atoms with Gasteiger partial charge in [0.2, 0.25) is 0 Å². The van der Waals surface area contributed by atoms with Crippen molar-refractivity contribution < 1.29 is 27.4 Å². The topological polar surface area (TPSA) is 84.5 Å². The van der Waals surface area contributed by atoms with Gasteiger partial charge in [0, 0.05) is 38.8 Å².